The van der Waals surface area contributed by atoms with E-state index in [1.54, 1.807) is 6.08 Å². The zero-order valence-corrected chi connectivity index (χ0v) is 7.84. The Hall–Kier alpha value is 0.0600. The van der Waals surface area contributed by atoms with Gasteiger partial charge in [0.2, 0.25) is 0 Å². The molecule has 0 aliphatic carbocycles. The molecule has 0 aromatic rings. The van der Waals surface area contributed by atoms with Crippen molar-refractivity contribution in [2.45, 2.75) is 26.7 Å². The lowest BCUT2D eigenvalue weighted by atomic mass is 10.3. The van der Waals surface area contributed by atoms with E-state index in [1.165, 1.54) is 0 Å². The van der Waals surface area contributed by atoms with Gasteiger partial charge in [0.15, 0.2) is 0 Å². The quantitative estimate of drug-likeness (QED) is 0.573. The van der Waals surface area contributed by atoms with Crippen LogP contribution < -0.4 is 0 Å². The van der Waals surface area contributed by atoms with Gasteiger partial charge in [0, 0.05) is 0 Å². The fourth-order valence-electron chi connectivity index (χ4n) is 0.506. The number of halogens is 2. The summed E-state index contributed by atoms with van der Waals surface area (Å²) in [5.74, 6) is 0. The predicted octanol–water partition coefficient (Wildman–Crippen LogP) is 4.05. The van der Waals surface area contributed by atoms with Crippen molar-refractivity contribution in [3.05, 3.63) is 22.2 Å². The lowest BCUT2D eigenvalue weighted by Gasteiger charge is -1.93. The number of hydrogen-bond acceptors (Lipinski definition) is 0. The largest absolute Gasteiger partial charge is 0.0831 e. The van der Waals surface area contributed by atoms with Crippen LogP contribution in [0.3, 0.4) is 0 Å². The van der Waals surface area contributed by atoms with Crippen LogP contribution in [-0.2, 0) is 0 Å². The van der Waals surface area contributed by atoms with Gasteiger partial charge in [0.05, 0.1) is 10.1 Å². The highest BCUT2D eigenvalue weighted by atomic mass is 35.5. The van der Waals surface area contributed by atoms with Gasteiger partial charge in [0.1, 0.15) is 0 Å². The van der Waals surface area contributed by atoms with Crippen molar-refractivity contribution in [3.63, 3.8) is 0 Å². The molecular weight excluding hydrogens is 167 g/mol. The Bertz CT molecular complexity index is 145. The second-order valence-electron chi connectivity index (χ2n) is 1.98. The SMILES string of the molecule is CC=C(Cl)C(Cl)=CCCC. The zero-order chi connectivity index (χ0) is 7.98. The fourth-order valence-corrected chi connectivity index (χ4v) is 0.802. The number of unbranched alkanes of at least 4 members (excludes halogenated alkanes) is 1. The molecule has 0 heterocycles. The van der Waals surface area contributed by atoms with Gasteiger partial charge in [-0.1, -0.05) is 48.7 Å². The minimum Gasteiger partial charge on any atom is -0.0831 e. The zero-order valence-electron chi connectivity index (χ0n) is 6.32. The summed E-state index contributed by atoms with van der Waals surface area (Å²) in [5, 5.41) is 1.29. The van der Waals surface area contributed by atoms with Crippen molar-refractivity contribution in [2.24, 2.45) is 0 Å². The molecule has 10 heavy (non-hydrogen) atoms. The van der Waals surface area contributed by atoms with E-state index in [9.17, 15) is 0 Å². The minimum atomic E-state index is 0.634. The van der Waals surface area contributed by atoms with Crippen LogP contribution in [0.15, 0.2) is 22.2 Å². The molecule has 0 nitrogen and oxygen atoms in total. The first-order valence-electron chi connectivity index (χ1n) is 3.40. The Morgan fingerprint density at radius 2 is 1.90 bits per heavy atom. The van der Waals surface area contributed by atoms with Crippen LogP contribution in [-0.4, -0.2) is 0 Å². The minimum absolute atomic E-state index is 0.634. The molecule has 0 radical (unpaired) electrons. The first-order chi connectivity index (χ1) is 4.72. The average molecular weight is 179 g/mol. The Labute approximate surface area is 72.5 Å². The topological polar surface area (TPSA) is 0 Å². The molecule has 2 heteroatoms. The number of hydrogen-bond donors (Lipinski definition) is 0. The second kappa shape index (κ2) is 5.82. The summed E-state index contributed by atoms with van der Waals surface area (Å²) in [6.07, 6.45) is 5.81. The standard InChI is InChI=1S/C8H12Cl2/c1-3-5-6-8(10)7(9)4-2/h4,6H,3,5H2,1-2H3. The molecule has 0 atom stereocenters. The van der Waals surface area contributed by atoms with E-state index in [0.717, 1.165) is 12.8 Å². The lowest BCUT2D eigenvalue weighted by molar-refractivity contribution is 0.957. The van der Waals surface area contributed by atoms with Crippen LogP contribution in [0.25, 0.3) is 0 Å². The fraction of sp³-hybridized carbons (Fsp3) is 0.500. The highest BCUT2D eigenvalue weighted by Crippen LogP contribution is 2.19. The maximum atomic E-state index is 5.77. The van der Waals surface area contributed by atoms with E-state index in [2.05, 4.69) is 6.92 Å². The van der Waals surface area contributed by atoms with Gasteiger partial charge in [-0.15, -0.1) is 0 Å². The van der Waals surface area contributed by atoms with E-state index in [4.69, 9.17) is 23.2 Å². The van der Waals surface area contributed by atoms with E-state index in [1.807, 2.05) is 13.0 Å². The maximum Gasteiger partial charge on any atom is 0.0549 e. The van der Waals surface area contributed by atoms with Gasteiger partial charge < -0.3 is 0 Å². The van der Waals surface area contributed by atoms with Crippen molar-refractivity contribution < 1.29 is 0 Å². The molecule has 0 saturated carbocycles. The van der Waals surface area contributed by atoms with Crippen molar-refractivity contribution in [1.29, 1.82) is 0 Å². The molecule has 0 aromatic heterocycles. The smallest absolute Gasteiger partial charge is 0.0549 e. The highest BCUT2D eigenvalue weighted by molar-refractivity contribution is 6.43. The van der Waals surface area contributed by atoms with Crippen LogP contribution in [0.1, 0.15) is 26.7 Å². The van der Waals surface area contributed by atoms with Crippen molar-refractivity contribution >= 4 is 23.2 Å². The predicted molar refractivity (Wildman–Crippen MR) is 48.5 cm³/mol. The Morgan fingerprint density at radius 3 is 2.30 bits per heavy atom. The molecule has 0 saturated heterocycles. The van der Waals surface area contributed by atoms with Gasteiger partial charge in [-0.05, 0) is 13.3 Å². The molecule has 0 amide bonds. The summed E-state index contributed by atoms with van der Waals surface area (Å²) in [7, 11) is 0. The van der Waals surface area contributed by atoms with Crippen molar-refractivity contribution in [3.8, 4) is 0 Å². The molecule has 0 aromatic carbocycles. The molecule has 0 aliphatic rings. The summed E-state index contributed by atoms with van der Waals surface area (Å²) in [4.78, 5) is 0. The lowest BCUT2D eigenvalue weighted by Crippen LogP contribution is -1.71. The normalized spacial score (nSPS) is 14.0. The first-order valence-corrected chi connectivity index (χ1v) is 4.15. The molecule has 0 fully saturated rings. The Balaban J connectivity index is 3.93. The van der Waals surface area contributed by atoms with E-state index in [-0.39, 0.29) is 0 Å². The van der Waals surface area contributed by atoms with Crippen LogP contribution in [0.5, 0.6) is 0 Å². The summed E-state index contributed by atoms with van der Waals surface area (Å²) < 4.78 is 0. The third-order valence-electron chi connectivity index (χ3n) is 1.09. The highest BCUT2D eigenvalue weighted by Gasteiger charge is 1.93. The Kier molecular flexibility index (Phi) is 5.85. The van der Waals surface area contributed by atoms with Gasteiger partial charge in [-0.2, -0.15) is 0 Å². The van der Waals surface area contributed by atoms with Crippen LogP contribution in [0.4, 0.5) is 0 Å². The second-order valence-corrected chi connectivity index (χ2v) is 2.79. The molecule has 0 bridgehead atoms. The van der Waals surface area contributed by atoms with Gasteiger partial charge in [-0.25, -0.2) is 0 Å². The molecule has 0 spiro atoms. The third kappa shape index (κ3) is 3.97. The molecular formula is C8H12Cl2. The summed E-state index contributed by atoms with van der Waals surface area (Å²) in [5.41, 5.74) is 0. The van der Waals surface area contributed by atoms with E-state index >= 15 is 0 Å². The van der Waals surface area contributed by atoms with Crippen LogP contribution in [0.2, 0.25) is 0 Å². The molecule has 58 valence electrons. The molecule has 0 aliphatic heterocycles. The van der Waals surface area contributed by atoms with Crippen molar-refractivity contribution in [1.82, 2.24) is 0 Å². The van der Waals surface area contributed by atoms with Gasteiger partial charge >= 0.3 is 0 Å². The van der Waals surface area contributed by atoms with E-state index in [0.29, 0.717) is 10.1 Å². The average Bonchev–Trinajstić information content (AvgIpc) is 1.98. The van der Waals surface area contributed by atoms with Gasteiger partial charge in [0.25, 0.3) is 0 Å². The number of allylic oxidation sites excluding steroid dienone is 4. The van der Waals surface area contributed by atoms with Crippen LogP contribution in [0, 0.1) is 0 Å². The van der Waals surface area contributed by atoms with Crippen LogP contribution >= 0.6 is 23.2 Å². The summed E-state index contributed by atoms with van der Waals surface area (Å²) in [6, 6.07) is 0. The third-order valence-corrected chi connectivity index (χ3v) is 1.97. The summed E-state index contributed by atoms with van der Waals surface area (Å²) in [6.45, 7) is 3.97. The van der Waals surface area contributed by atoms with Crippen molar-refractivity contribution in [2.75, 3.05) is 0 Å². The molecule has 0 N–H and O–H groups in total. The summed E-state index contributed by atoms with van der Waals surface area (Å²) >= 11 is 11.5. The monoisotopic (exact) mass is 178 g/mol. The number of rotatable bonds is 3. The maximum absolute atomic E-state index is 5.77. The van der Waals surface area contributed by atoms with E-state index < -0.39 is 0 Å². The van der Waals surface area contributed by atoms with Gasteiger partial charge in [-0.3, -0.25) is 0 Å². The first kappa shape index (κ1) is 10.1. The Morgan fingerprint density at radius 1 is 1.30 bits per heavy atom. The molecule has 0 rings (SSSR count). The molecule has 0 unspecified atom stereocenters.